The molecule has 3 N–H and O–H groups in total. The number of nitrogens with two attached hydrogens (primary N) is 1. The van der Waals surface area contributed by atoms with E-state index in [1.165, 1.54) is 12.1 Å². The van der Waals surface area contributed by atoms with Crippen LogP contribution < -0.4 is 11.1 Å². The number of nitrogens with zero attached hydrogens (tertiary/aromatic N) is 1. The zero-order chi connectivity index (χ0) is 14.5. The molecular weight excluding hydrogens is 257 g/mol. The fourth-order valence-corrected chi connectivity index (χ4v) is 2.25. The van der Waals surface area contributed by atoms with Gasteiger partial charge in [-0.05, 0) is 30.7 Å². The van der Waals surface area contributed by atoms with E-state index in [1.54, 1.807) is 0 Å². The minimum absolute atomic E-state index is 0.01000. The van der Waals surface area contributed by atoms with Crippen LogP contribution in [0.5, 0.6) is 0 Å². The van der Waals surface area contributed by atoms with E-state index < -0.39 is 0 Å². The molecular formula is C15H18FN3O. The normalized spacial score (nSPS) is 19.1. The van der Waals surface area contributed by atoms with Crippen LogP contribution in [0.15, 0.2) is 18.2 Å². The van der Waals surface area contributed by atoms with Crippen LogP contribution in [0.4, 0.5) is 4.39 Å². The highest BCUT2D eigenvalue weighted by molar-refractivity contribution is 5.81. The number of amides is 1. The Morgan fingerprint density at radius 1 is 1.50 bits per heavy atom. The van der Waals surface area contributed by atoms with E-state index >= 15 is 0 Å². The van der Waals surface area contributed by atoms with E-state index in [1.807, 2.05) is 17.9 Å². The molecule has 0 aromatic heterocycles. The van der Waals surface area contributed by atoms with Gasteiger partial charge in [0.05, 0.1) is 12.6 Å². The quantitative estimate of drug-likeness (QED) is 0.771. The molecule has 2 rings (SSSR count). The Morgan fingerprint density at radius 3 is 3.05 bits per heavy atom. The van der Waals surface area contributed by atoms with Crippen LogP contribution in [-0.2, 0) is 11.3 Å². The van der Waals surface area contributed by atoms with Crippen molar-refractivity contribution >= 4 is 5.91 Å². The van der Waals surface area contributed by atoms with Crippen molar-refractivity contribution in [2.45, 2.75) is 19.5 Å². The first-order valence-corrected chi connectivity index (χ1v) is 6.60. The van der Waals surface area contributed by atoms with Crippen LogP contribution in [0, 0.1) is 17.7 Å². The monoisotopic (exact) mass is 275 g/mol. The van der Waals surface area contributed by atoms with Gasteiger partial charge in [0.15, 0.2) is 0 Å². The van der Waals surface area contributed by atoms with E-state index in [0.717, 1.165) is 12.1 Å². The highest BCUT2D eigenvalue weighted by Gasteiger charge is 2.25. The second-order valence-corrected chi connectivity index (χ2v) is 4.79. The minimum atomic E-state index is -0.321. The van der Waals surface area contributed by atoms with Crippen molar-refractivity contribution in [1.82, 2.24) is 10.2 Å². The van der Waals surface area contributed by atoms with Crippen LogP contribution in [0.1, 0.15) is 18.1 Å². The van der Waals surface area contributed by atoms with E-state index in [2.05, 4.69) is 17.2 Å². The number of halogens is 1. The fourth-order valence-electron chi connectivity index (χ4n) is 2.25. The van der Waals surface area contributed by atoms with E-state index in [9.17, 15) is 9.18 Å². The van der Waals surface area contributed by atoms with Crippen molar-refractivity contribution in [3.8, 4) is 11.8 Å². The zero-order valence-corrected chi connectivity index (χ0v) is 11.4. The van der Waals surface area contributed by atoms with Gasteiger partial charge < -0.3 is 11.1 Å². The number of carbonyl (C=O) groups excluding carboxylic acids is 1. The average molecular weight is 275 g/mol. The average Bonchev–Trinajstić information content (AvgIpc) is 2.41. The summed E-state index contributed by atoms with van der Waals surface area (Å²) in [6, 6.07) is 4.50. The molecule has 106 valence electrons. The molecule has 0 bridgehead atoms. The van der Waals surface area contributed by atoms with Crippen molar-refractivity contribution in [2.24, 2.45) is 5.73 Å². The summed E-state index contributed by atoms with van der Waals surface area (Å²) < 4.78 is 13.6. The molecule has 1 aromatic carbocycles. The van der Waals surface area contributed by atoms with Crippen LogP contribution in [0.25, 0.3) is 0 Å². The number of hydrogen-bond acceptors (Lipinski definition) is 3. The summed E-state index contributed by atoms with van der Waals surface area (Å²) in [5.74, 6) is 5.23. The molecule has 1 atom stereocenters. The fraction of sp³-hybridized carbons (Fsp3) is 0.400. The Hall–Kier alpha value is -1.90. The summed E-state index contributed by atoms with van der Waals surface area (Å²) in [7, 11) is 0. The Bertz CT molecular complexity index is 562. The number of hydrogen-bond donors (Lipinski definition) is 2. The molecule has 20 heavy (non-hydrogen) atoms. The van der Waals surface area contributed by atoms with Gasteiger partial charge in [-0.2, -0.15) is 0 Å². The molecule has 1 unspecified atom stereocenters. The van der Waals surface area contributed by atoms with Gasteiger partial charge >= 0.3 is 0 Å². The molecule has 4 nitrogen and oxygen atoms in total. The third-order valence-corrected chi connectivity index (χ3v) is 3.30. The van der Waals surface area contributed by atoms with Gasteiger partial charge in [-0.25, -0.2) is 4.39 Å². The van der Waals surface area contributed by atoms with Gasteiger partial charge in [-0.15, -0.1) is 0 Å². The van der Waals surface area contributed by atoms with E-state index in [-0.39, 0.29) is 24.3 Å². The van der Waals surface area contributed by atoms with Gasteiger partial charge in [0, 0.05) is 25.2 Å². The summed E-state index contributed by atoms with van der Waals surface area (Å²) in [6.45, 7) is 4.01. The van der Waals surface area contributed by atoms with Gasteiger partial charge in [0.2, 0.25) is 5.91 Å². The van der Waals surface area contributed by atoms with E-state index in [4.69, 9.17) is 5.73 Å². The first-order valence-electron chi connectivity index (χ1n) is 6.60. The van der Waals surface area contributed by atoms with Gasteiger partial charge in [0.25, 0.3) is 0 Å². The Kier molecular flexibility index (Phi) is 4.72. The number of benzene rings is 1. The second-order valence-electron chi connectivity index (χ2n) is 4.79. The van der Waals surface area contributed by atoms with Crippen LogP contribution >= 0.6 is 0 Å². The molecule has 0 spiro atoms. The smallest absolute Gasteiger partial charge is 0.237 e. The maximum Gasteiger partial charge on any atom is 0.237 e. The lowest BCUT2D eigenvalue weighted by Crippen LogP contribution is -2.53. The molecule has 1 saturated heterocycles. The maximum absolute atomic E-state index is 13.6. The standard InChI is InChI=1S/C15H18FN3O/c1-11-15(20)18-5-6-19(11)10-13-7-12(3-2-4-17)8-14(16)9-13/h7-9,11H,4-6,10,17H2,1H3,(H,18,20). The molecule has 1 amide bonds. The molecule has 1 aromatic rings. The molecule has 0 saturated carbocycles. The first-order chi connectivity index (χ1) is 9.60. The summed E-state index contributed by atoms with van der Waals surface area (Å²) in [6.07, 6.45) is 0. The molecule has 0 aliphatic carbocycles. The van der Waals surface area contributed by atoms with Crippen molar-refractivity contribution in [1.29, 1.82) is 0 Å². The van der Waals surface area contributed by atoms with Gasteiger partial charge in [-0.1, -0.05) is 11.8 Å². The van der Waals surface area contributed by atoms with Gasteiger partial charge in [0.1, 0.15) is 5.82 Å². The van der Waals surface area contributed by atoms with Crippen LogP contribution in [0.2, 0.25) is 0 Å². The molecule has 5 heteroatoms. The van der Waals surface area contributed by atoms with Crippen molar-refractivity contribution < 1.29 is 9.18 Å². The minimum Gasteiger partial charge on any atom is -0.353 e. The third kappa shape index (κ3) is 3.56. The molecule has 1 heterocycles. The highest BCUT2D eigenvalue weighted by atomic mass is 19.1. The Labute approximate surface area is 118 Å². The number of piperazine rings is 1. The first kappa shape index (κ1) is 14.5. The zero-order valence-electron chi connectivity index (χ0n) is 11.4. The second kappa shape index (κ2) is 6.51. The Balaban J connectivity index is 2.16. The van der Waals surface area contributed by atoms with Crippen molar-refractivity contribution in [3.05, 3.63) is 35.1 Å². The number of carbonyl (C=O) groups is 1. The third-order valence-electron chi connectivity index (χ3n) is 3.30. The lowest BCUT2D eigenvalue weighted by atomic mass is 10.1. The molecule has 1 aliphatic heterocycles. The topological polar surface area (TPSA) is 58.4 Å². The highest BCUT2D eigenvalue weighted by Crippen LogP contribution is 2.14. The molecule has 1 fully saturated rings. The number of nitrogens with one attached hydrogen (secondary N) is 1. The summed E-state index contributed by atoms with van der Waals surface area (Å²) >= 11 is 0. The van der Waals surface area contributed by atoms with E-state index in [0.29, 0.717) is 18.7 Å². The Morgan fingerprint density at radius 2 is 2.30 bits per heavy atom. The SMILES string of the molecule is CC1C(=O)NCCN1Cc1cc(F)cc(C#CCN)c1. The van der Waals surface area contributed by atoms with Gasteiger partial charge in [-0.3, -0.25) is 9.69 Å². The molecule has 0 radical (unpaired) electrons. The number of rotatable bonds is 2. The predicted molar refractivity (Wildman–Crippen MR) is 75.2 cm³/mol. The maximum atomic E-state index is 13.6. The summed E-state index contributed by atoms with van der Waals surface area (Å²) in [5.41, 5.74) is 6.74. The molecule has 1 aliphatic rings. The lowest BCUT2D eigenvalue weighted by Gasteiger charge is -2.32. The van der Waals surface area contributed by atoms with Crippen LogP contribution in [0.3, 0.4) is 0 Å². The summed E-state index contributed by atoms with van der Waals surface area (Å²) in [4.78, 5) is 13.6. The van der Waals surface area contributed by atoms with Crippen molar-refractivity contribution in [2.75, 3.05) is 19.6 Å². The lowest BCUT2D eigenvalue weighted by molar-refractivity contribution is -0.128. The van der Waals surface area contributed by atoms with Crippen molar-refractivity contribution in [3.63, 3.8) is 0 Å². The predicted octanol–water partition coefficient (Wildman–Crippen LogP) is 0.456. The largest absolute Gasteiger partial charge is 0.353 e. The summed E-state index contributed by atoms with van der Waals surface area (Å²) in [5, 5.41) is 2.81. The van der Waals surface area contributed by atoms with Crippen LogP contribution in [-0.4, -0.2) is 36.5 Å².